The number of carbonyl (C=O) groups excluding carboxylic acids is 2. The fraction of sp³-hybridized carbons (Fsp3) is 0.304. The van der Waals surface area contributed by atoms with Gasteiger partial charge in [0.1, 0.15) is 0 Å². The van der Waals surface area contributed by atoms with Gasteiger partial charge < -0.3 is 19.9 Å². The van der Waals surface area contributed by atoms with Crippen molar-refractivity contribution in [2.75, 3.05) is 13.6 Å². The largest absolute Gasteiger partial charge is 0.490 e. The highest BCUT2D eigenvalue weighted by Crippen LogP contribution is 2.22. The van der Waals surface area contributed by atoms with Crippen molar-refractivity contribution < 1.29 is 32.7 Å². The van der Waals surface area contributed by atoms with Gasteiger partial charge in [-0.05, 0) is 24.3 Å². The number of carboxylic acid groups (broad SMARTS) is 1. The summed E-state index contributed by atoms with van der Waals surface area (Å²) < 4.78 is 33.9. The number of nitrogens with zero attached hydrogens (tertiary/aromatic N) is 3. The van der Waals surface area contributed by atoms with E-state index in [1.807, 2.05) is 53.6 Å². The van der Waals surface area contributed by atoms with E-state index in [1.54, 1.807) is 13.2 Å². The zero-order valence-corrected chi connectivity index (χ0v) is 18.2. The lowest BCUT2D eigenvalue weighted by Crippen LogP contribution is -2.35. The molecule has 2 N–H and O–H groups in total. The Kier molecular flexibility index (Phi) is 7.54. The summed E-state index contributed by atoms with van der Waals surface area (Å²) in [5, 5.41) is 10.8. The molecule has 1 aromatic carbocycles. The molecule has 0 spiro atoms. The zero-order chi connectivity index (χ0) is 24.9. The number of carbonyl (C=O) groups is 3. The van der Waals surface area contributed by atoms with Crippen LogP contribution in [0.15, 0.2) is 54.9 Å². The van der Waals surface area contributed by atoms with Crippen LogP contribution in [0.4, 0.5) is 13.2 Å². The van der Waals surface area contributed by atoms with Crippen LogP contribution in [0.25, 0.3) is 10.9 Å². The number of aliphatic carboxylic acids is 1. The summed E-state index contributed by atoms with van der Waals surface area (Å²) in [4.78, 5) is 40.3. The van der Waals surface area contributed by atoms with Crippen LogP contribution in [-0.2, 0) is 22.7 Å². The molecule has 1 unspecified atom stereocenters. The van der Waals surface area contributed by atoms with Gasteiger partial charge in [-0.1, -0.05) is 18.2 Å². The maximum Gasteiger partial charge on any atom is 0.490 e. The SMILES string of the molecule is CNC(=O)CC1CN(C(=O)c2cnc3ccccc3c2)Cc2cccn2C1.O=C(O)C(F)(F)F. The second-order valence-electron chi connectivity index (χ2n) is 7.80. The molecule has 1 atom stereocenters. The molecule has 2 amide bonds. The number of fused-ring (bicyclic) bond motifs is 2. The molecular weight excluding hydrogens is 453 g/mol. The van der Waals surface area contributed by atoms with Gasteiger partial charge in [0.2, 0.25) is 5.91 Å². The molecule has 11 heteroatoms. The minimum absolute atomic E-state index is 0.00428. The van der Waals surface area contributed by atoms with Crippen molar-refractivity contribution in [3.8, 4) is 0 Å². The van der Waals surface area contributed by atoms with E-state index < -0.39 is 12.1 Å². The van der Waals surface area contributed by atoms with Gasteiger partial charge in [-0.2, -0.15) is 13.2 Å². The van der Waals surface area contributed by atoms with Crippen molar-refractivity contribution in [2.24, 2.45) is 5.92 Å². The molecule has 4 rings (SSSR count). The van der Waals surface area contributed by atoms with Crippen LogP contribution >= 0.6 is 0 Å². The Morgan fingerprint density at radius 1 is 1.15 bits per heavy atom. The smallest absolute Gasteiger partial charge is 0.475 e. The van der Waals surface area contributed by atoms with Gasteiger partial charge >= 0.3 is 12.1 Å². The van der Waals surface area contributed by atoms with Crippen LogP contribution in [0.5, 0.6) is 0 Å². The Labute approximate surface area is 193 Å². The van der Waals surface area contributed by atoms with Crippen LogP contribution in [0, 0.1) is 5.92 Å². The number of aromatic nitrogens is 2. The first-order chi connectivity index (χ1) is 16.1. The first-order valence-corrected chi connectivity index (χ1v) is 10.4. The lowest BCUT2D eigenvalue weighted by atomic mass is 10.0. The fourth-order valence-corrected chi connectivity index (χ4v) is 3.70. The topological polar surface area (TPSA) is 105 Å². The predicted molar refractivity (Wildman–Crippen MR) is 117 cm³/mol. The molecule has 0 bridgehead atoms. The first kappa shape index (κ1) is 24.7. The molecule has 180 valence electrons. The third-order valence-electron chi connectivity index (χ3n) is 5.33. The van der Waals surface area contributed by atoms with Crippen molar-refractivity contribution in [3.63, 3.8) is 0 Å². The number of benzene rings is 1. The van der Waals surface area contributed by atoms with Crippen molar-refractivity contribution in [2.45, 2.75) is 25.7 Å². The third-order valence-corrected chi connectivity index (χ3v) is 5.33. The monoisotopic (exact) mass is 476 g/mol. The number of hydrogen-bond acceptors (Lipinski definition) is 4. The number of amides is 2. The summed E-state index contributed by atoms with van der Waals surface area (Å²) in [5.41, 5.74) is 2.53. The van der Waals surface area contributed by atoms with E-state index in [9.17, 15) is 22.8 Å². The molecule has 0 aliphatic carbocycles. The van der Waals surface area contributed by atoms with Gasteiger partial charge in [0.15, 0.2) is 0 Å². The summed E-state index contributed by atoms with van der Waals surface area (Å²) in [7, 11) is 1.64. The normalized spacial score (nSPS) is 15.5. The third kappa shape index (κ3) is 6.12. The summed E-state index contributed by atoms with van der Waals surface area (Å²) in [6, 6.07) is 13.7. The summed E-state index contributed by atoms with van der Waals surface area (Å²) in [5.74, 6) is -2.75. The van der Waals surface area contributed by atoms with Gasteiger partial charge in [-0.3, -0.25) is 14.6 Å². The molecule has 1 aliphatic heterocycles. The number of hydrogen-bond donors (Lipinski definition) is 2. The quantitative estimate of drug-likeness (QED) is 0.605. The Morgan fingerprint density at radius 2 is 1.85 bits per heavy atom. The van der Waals surface area contributed by atoms with E-state index in [2.05, 4.69) is 14.9 Å². The standard InChI is InChI=1S/C21H22N4O2.C2HF3O2/c1-22-20(26)9-15-12-24-8-4-6-18(24)14-25(13-15)21(27)17-10-16-5-2-3-7-19(16)23-11-17;3-2(4,5)1(6)7/h2-8,10-11,15H,9,12-14H2,1H3,(H,22,26);(H,6,7). The maximum atomic E-state index is 13.2. The molecule has 1 aliphatic rings. The van der Waals surface area contributed by atoms with Crippen molar-refractivity contribution >= 4 is 28.7 Å². The van der Waals surface area contributed by atoms with E-state index in [4.69, 9.17) is 9.90 Å². The lowest BCUT2D eigenvalue weighted by Gasteiger charge is -2.24. The molecule has 2 aromatic heterocycles. The molecular formula is C23H23F3N4O4. The van der Waals surface area contributed by atoms with Crippen LogP contribution in [-0.4, -0.2) is 57.1 Å². The Bertz CT molecular complexity index is 1190. The number of halogens is 3. The lowest BCUT2D eigenvalue weighted by molar-refractivity contribution is -0.192. The molecule has 0 saturated carbocycles. The molecule has 8 nitrogen and oxygen atoms in total. The predicted octanol–water partition coefficient (Wildman–Crippen LogP) is 3.08. The summed E-state index contributed by atoms with van der Waals surface area (Å²) >= 11 is 0. The number of rotatable bonds is 3. The summed E-state index contributed by atoms with van der Waals surface area (Å²) in [6.45, 7) is 1.80. The highest BCUT2D eigenvalue weighted by atomic mass is 19.4. The van der Waals surface area contributed by atoms with Crippen molar-refractivity contribution in [3.05, 3.63) is 66.1 Å². The van der Waals surface area contributed by atoms with Crippen molar-refractivity contribution in [1.29, 1.82) is 0 Å². The molecule has 0 fully saturated rings. The van der Waals surface area contributed by atoms with E-state index >= 15 is 0 Å². The minimum Gasteiger partial charge on any atom is -0.475 e. The fourth-order valence-electron chi connectivity index (χ4n) is 3.70. The van der Waals surface area contributed by atoms with Crippen LogP contribution < -0.4 is 5.32 Å². The van der Waals surface area contributed by atoms with Crippen LogP contribution in [0.3, 0.4) is 0 Å². The summed E-state index contributed by atoms with van der Waals surface area (Å²) in [6.07, 6.45) is -1.03. The first-order valence-electron chi connectivity index (χ1n) is 10.4. The number of nitrogens with one attached hydrogen (secondary N) is 1. The molecule has 0 saturated heterocycles. The van der Waals surface area contributed by atoms with Crippen LogP contribution in [0.2, 0.25) is 0 Å². The number of para-hydroxylation sites is 1. The molecule has 3 aromatic rings. The average molecular weight is 476 g/mol. The number of alkyl halides is 3. The van der Waals surface area contributed by atoms with Crippen LogP contribution in [0.1, 0.15) is 22.5 Å². The molecule has 34 heavy (non-hydrogen) atoms. The van der Waals surface area contributed by atoms with E-state index in [1.165, 1.54) is 0 Å². The zero-order valence-electron chi connectivity index (χ0n) is 18.2. The van der Waals surface area contributed by atoms with E-state index in [-0.39, 0.29) is 17.7 Å². The Hall–Kier alpha value is -3.89. The Morgan fingerprint density at radius 3 is 2.53 bits per heavy atom. The minimum atomic E-state index is -5.08. The number of pyridine rings is 1. The van der Waals surface area contributed by atoms with E-state index in [0.717, 1.165) is 23.1 Å². The Balaban J connectivity index is 0.000000406. The highest BCUT2D eigenvalue weighted by molar-refractivity contribution is 5.97. The highest BCUT2D eigenvalue weighted by Gasteiger charge is 2.38. The second kappa shape index (κ2) is 10.4. The van der Waals surface area contributed by atoms with Gasteiger partial charge in [-0.15, -0.1) is 0 Å². The van der Waals surface area contributed by atoms with Crippen molar-refractivity contribution in [1.82, 2.24) is 19.8 Å². The maximum absolute atomic E-state index is 13.2. The van der Waals surface area contributed by atoms with Gasteiger partial charge in [0.05, 0.1) is 17.6 Å². The van der Waals surface area contributed by atoms with Gasteiger partial charge in [0, 0.05) is 55.9 Å². The van der Waals surface area contributed by atoms with Gasteiger partial charge in [-0.25, -0.2) is 4.79 Å². The molecule has 3 heterocycles. The van der Waals surface area contributed by atoms with Gasteiger partial charge in [0.25, 0.3) is 5.91 Å². The molecule has 0 radical (unpaired) electrons. The van der Waals surface area contributed by atoms with E-state index in [0.29, 0.717) is 25.1 Å². The number of carboxylic acids is 1. The average Bonchev–Trinajstić information content (AvgIpc) is 3.16. The second-order valence-corrected chi connectivity index (χ2v) is 7.80.